The molecular weight excluding hydrogens is 432 g/mol. The van der Waals surface area contributed by atoms with Gasteiger partial charge in [0.1, 0.15) is 24.6 Å². The van der Waals surface area contributed by atoms with Crippen molar-refractivity contribution in [1.29, 1.82) is 0 Å². The molecule has 2 aliphatic heterocycles. The quantitative estimate of drug-likeness (QED) is 0.401. The fourth-order valence-electron chi connectivity index (χ4n) is 4.93. The van der Waals surface area contributed by atoms with E-state index in [1.165, 1.54) is 12.1 Å². The maximum Gasteiger partial charge on any atom is 0.416 e. The number of halogens is 4. The number of esters is 1. The van der Waals surface area contributed by atoms with Crippen LogP contribution in [0.15, 0.2) is 24.3 Å². The summed E-state index contributed by atoms with van der Waals surface area (Å²) in [5.41, 5.74) is -0.835. The second kappa shape index (κ2) is 9.95. The summed E-state index contributed by atoms with van der Waals surface area (Å²) < 4.78 is 75.5. The topological polar surface area (TPSA) is 54.0 Å². The van der Waals surface area contributed by atoms with E-state index < -0.39 is 17.9 Å². The molecule has 0 bridgehead atoms. The van der Waals surface area contributed by atoms with Gasteiger partial charge in [-0.3, -0.25) is 4.79 Å². The molecule has 5 nitrogen and oxygen atoms in total. The third-order valence-corrected chi connectivity index (χ3v) is 6.52. The highest BCUT2D eigenvalue weighted by atomic mass is 19.4. The van der Waals surface area contributed by atoms with Crippen molar-refractivity contribution in [3.8, 4) is 5.75 Å². The summed E-state index contributed by atoms with van der Waals surface area (Å²) in [5, 5.41) is 0. The van der Waals surface area contributed by atoms with Gasteiger partial charge in [-0.15, -0.1) is 0 Å². The van der Waals surface area contributed by atoms with Gasteiger partial charge in [-0.05, 0) is 56.2 Å². The normalized spacial score (nSPS) is 31.2. The standard InChI is InChI=1S/C23H28F4O5/c24-15(13-30-16-5-3-4-14(10-16)23(25,26)27)7-8-17-18-11-21(28)31-20(18)12-19(17)32-22-6-1-2-9-29-22/h3-5,10,15,17-20,22H,1-2,6-9,11-13H2. The second-order valence-electron chi connectivity index (χ2n) is 8.78. The van der Waals surface area contributed by atoms with Crippen LogP contribution in [0.2, 0.25) is 0 Å². The van der Waals surface area contributed by atoms with Crippen LogP contribution in [0.1, 0.15) is 50.5 Å². The predicted octanol–water partition coefficient (Wildman–Crippen LogP) is 5.07. The van der Waals surface area contributed by atoms with Gasteiger partial charge in [-0.2, -0.15) is 13.2 Å². The fraction of sp³-hybridized carbons (Fsp3) is 0.696. The van der Waals surface area contributed by atoms with Crippen LogP contribution < -0.4 is 4.74 Å². The minimum absolute atomic E-state index is 0.00678. The Morgan fingerprint density at radius 2 is 2.06 bits per heavy atom. The maximum atomic E-state index is 14.6. The third-order valence-electron chi connectivity index (χ3n) is 6.52. The van der Waals surface area contributed by atoms with E-state index in [0.29, 0.717) is 25.9 Å². The summed E-state index contributed by atoms with van der Waals surface area (Å²) in [5.74, 6) is -0.299. The van der Waals surface area contributed by atoms with Gasteiger partial charge in [0.2, 0.25) is 0 Å². The predicted molar refractivity (Wildman–Crippen MR) is 106 cm³/mol. The van der Waals surface area contributed by atoms with Crippen molar-refractivity contribution in [2.45, 2.75) is 75.8 Å². The van der Waals surface area contributed by atoms with Gasteiger partial charge in [0, 0.05) is 18.9 Å². The Kier molecular flexibility index (Phi) is 7.24. The van der Waals surface area contributed by atoms with Crippen LogP contribution in [0.3, 0.4) is 0 Å². The van der Waals surface area contributed by atoms with E-state index >= 15 is 0 Å². The first kappa shape index (κ1) is 23.3. The van der Waals surface area contributed by atoms with Crippen LogP contribution >= 0.6 is 0 Å². The molecule has 0 N–H and O–H groups in total. The lowest BCUT2D eigenvalue weighted by molar-refractivity contribution is -0.197. The highest BCUT2D eigenvalue weighted by molar-refractivity contribution is 5.72. The van der Waals surface area contributed by atoms with Gasteiger partial charge >= 0.3 is 12.1 Å². The van der Waals surface area contributed by atoms with E-state index in [0.717, 1.165) is 31.4 Å². The van der Waals surface area contributed by atoms with Crippen molar-refractivity contribution >= 4 is 5.97 Å². The number of hydrogen-bond donors (Lipinski definition) is 0. The minimum atomic E-state index is -4.48. The molecule has 0 amide bonds. The highest BCUT2D eigenvalue weighted by Crippen LogP contribution is 2.45. The summed E-state index contributed by atoms with van der Waals surface area (Å²) in [6.07, 6.45) is -2.12. The van der Waals surface area contributed by atoms with Crippen LogP contribution in [-0.2, 0) is 25.2 Å². The Bertz CT molecular complexity index is 780. The average Bonchev–Trinajstić information content (AvgIpc) is 3.26. The van der Waals surface area contributed by atoms with Crippen molar-refractivity contribution in [2.75, 3.05) is 13.2 Å². The van der Waals surface area contributed by atoms with Gasteiger partial charge in [-0.1, -0.05) is 6.07 Å². The van der Waals surface area contributed by atoms with E-state index in [1.54, 1.807) is 0 Å². The van der Waals surface area contributed by atoms with E-state index in [1.807, 2.05) is 0 Å². The molecule has 178 valence electrons. The molecule has 3 fully saturated rings. The molecule has 1 aromatic rings. The van der Waals surface area contributed by atoms with Gasteiger partial charge in [0.25, 0.3) is 0 Å². The molecule has 2 saturated heterocycles. The number of alkyl halides is 4. The van der Waals surface area contributed by atoms with E-state index in [4.69, 9.17) is 18.9 Å². The number of ether oxygens (including phenoxy) is 4. The number of benzene rings is 1. The molecule has 2 heterocycles. The number of carbonyl (C=O) groups excluding carboxylic acids is 1. The van der Waals surface area contributed by atoms with Crippen molar-refractivity contribution in [1.82, 2.24) is 0 Å². The van der Waals surface area contributed by atoms with E-state index in [2.05, 4.69) is 0 Å². The largest absolute Gasteiger partial charge is 0.491 e. The zero-order valence-electron chi connectivity index (χ0n) is 17.7. The zero-order chi connectivity index (χ0) is 22.7. The lowest BCUT2D eigenvalue weighted by atomic mass is 9.87. The van der Waals surface area contributed by atoms with Crippen molar-refractivity contribution in [3.63, 3.8) is 0 Å². The zero-order valence-corrected chi connectivity index (χ0v) is 17.7. The number of fused-ring (bicyclic) bond motifs is 1. The molecule has 4 rings (SSSR count). The summed E-state index contributed by atoms with van der Waals surface area (Å²) in [6.45, 7) is 0.318. The van der Waals surface area contributed by atoms with Gasteiger partial charge in [0.05, 0.1) is 18.1 Å². The van der Waals surface area contributed by atoms with Gasteiger partial charge in [0.15, 0.2) is 6.29 Å². The molecule has 0 aromatic heterocycles. The van der Waals surface area contributed by atoms with Crippen LogP contribution in [0.4, 0.5) is 17.6 Å². The average molecular weight is 460 g/mol. The Labute approximate surface area is 184 Å². The van der Waals surface area contributed by atoms with Crippen LogP contribution in [0.25, 0.3) is 0 Å². The molecule has 3 aliphatic rings. The molecule has 0 radical (unpaired) electrons. The fourth-order valence-corrected chi connectivity index (χ4v) is 4.93. The van der Waals surface area contributed by atoms with Crippen molar-refractivity contribution in [3.05, 3.63) is 29.8 Å². The van der Waals surface area contributed by atoms with Gasteiger partial charge < -0.3 is 18.9 Å². The summed E-state index contributed by atoms with van der Waals surface area (Å²) in [6, 6.07) is 4.41. The van der Waals surface area contributed by atoms with Crippen LogP contribution in [-0.4, -0.2) is 43.9 Å². The second-order valence-corrected chi connectivity index (χ2v) is 8.78. The molecule has 1 aliphatic carbocycles. The first-order valence-corrected chi connectivity index (χ1v) is 11.2. The number of carbonyl (C=O) groups is 1. The molecule has 9 heteroatoms. The SMILES string of the molecule is O=C1CC2C(CC(OC3CCCCO3)C2CCC(F)COc2cccc(C(F)(F)F)c2)O1. The Balaban J connectivity index is 1.30. The molecule has 32 heavy (non-hydrogen) atoms. The summed E-state index contributed by atoms with van der Waals surface area (Å²) in [7, 11) is 0. The summed E-state index contributed by atoms with van der Waals surface area (Å²) in [4.78, 5) is 11.7. The molecule has 1 saturated carbocycles. The van der Waals surface area contributed by atoms with E-state index in [-0.39, 0.29) is 55.1 Å². The lowest BCUT2D eigenvalue weighted by Crippen LogP contribution is -2.32. The van der Waals surface area contributed by atoms with Crippen LogP contribution in [0, 0.1) is 11.8 Å². The lowest BCUT2D eigenvalue weighted by Gasteiger charge is -2.30. The first-order chi connectivity index (χ1) is 15.3. The Hall–Kier alpha value is -1.87. The summed E-state index contributed by atoms with van der Waals surface area (Å²) >= 11 is 0. The number of rotatable bonds is 8. The highest BCUT2D eigenvalue weighted by Gasteiger charge is 2.51. The molecule has 1 aromatic carbocycles. The third kappa shape index (κ3) is 5.73. The Morgan fingerprint density at radius 1 is 1.22 bits per heavy atom. The minimum Gasteiger partial charge on any atom is -0.491 e. The van der Waals surface area contributed by atoms with Crippen molar-refractivity contribution < 1.29 is 41.3 Å². The van der Waals surface area contributed by atoms with Crippen molar-refractivity contribution in [2.24, 2.45) is 11.8 Å². The smallest absolute Gasteiger partial charge is 0.416 e. The van der Waals surface area contributed by atoms with Gasteiger partial charge in [-0.25, -0.2) is 4.39 Å². The first-order valence-electron chi connectivity index (χ1n) is 11.2. The van der Waals surface area contributed by atoms with E-state index in [9.17, 15) is 22.4 Å². The number of hydrogen-bond acceptors (Lipinski definition) is 5. The molecule has 6 unspecified atom stereocenters. The maximum absolute atomic E-state index is 14.6. The Morgan fingerprint density at radius 3 is 2.81 bits per heavy atom. The van der Waals surface area contributed by atoms with Crippen LogP contribution in [0.5, 0.6) is 5.75 Å². The molecule has 0 spiro atoms. The monoisotopic (exact) mass is 460 g/mol. The molecule has 6 atom stereocenters. The molecular formula is C23H28F4O5.